The monoisotopic (exact) mass is 364 g/mol. The zero-order valence-electron chi connectivity index (χ0n) is 18.5. The van der Waals surface area contributed by atoms with Gasteiger partial charge in [0, 0.05) is 0 Å². The molecule has 26 heavy (non-hydrogen) atoms. The quantitative estimate of drug-likeness (QED) is 0.168. The molecule has 0 heteroatoms. The molecule has 0 saturated heterocycles. The Hall–Kier alpha value is 0. The van der Waals surface area contributed by atoms with Gasteiger partial charge in [-0.25, -0.2) is 0 Å². The van der Waals surface area contributed by atoms with Gasteiger partial charge in [0.2, 0.25) is 0 Å². The fourth-order valence-corrected chi connectivity index (χ4v) is 4.07. The van der Waals surface area contributed by atoms with Crippen LogP contribution in [-0.2, 0) is 0 Å². The van der Waals surface area contributed by atoms with Gasteiger partial charge in [-0.2, -0.15) is 0 Å². The molecular weight excluding hydrogens is 312 g/mol. The first-order valence-corrected chi connectivity index (χ1v) is 12.4. The maximum absolute atomic E-state index is 3.93. The van der Waals surface area contributed by atoms with Gasteiger partial charge in [0.05, 0.1) is 0 Å². The largest absolute Gasteiger partial charge is 0.0651 e. The van der Waals surface area contributed by atoms with Crippen molar-refractivity contribution in [2.75, 3.05) is 0 Å². The van der Waals surface area contributed by atoms with Gasteiger partial charge in [0.15, 0.2) is 0 Å². The van der Waals surface area contributed by atoms with E-state index in [9.17, 15) is 0 Å². The van der Waals surface area contributed by atoms with Gasteiger partial charge in [-0.15, -0.1) is 0 Å². The second-order valence-corrected chi connectivity index (χ2v) is 8.57. The van der Waals surface area contributed by atoms with Crippen LogP contribution in [0.1, 0.15) is 148 Å². The SMILES string of the molecule is [CH2]CCCCCCCCCCCCCCC(CC)CCCCCCC[CH2]. The molecule has 0 N–H and O–H groups in total. The van der Waals surface area contributed by atoms with E-state index in [-0.39, 0.29) is 0 Å². The second kappa shape index (κ2) is 23.0. The lowest BCUT2D eigenvalue weighted by molar-refractivity contribution is 0.392. The second-order valence-electron chi connectivity index (χ2n) is 8.57. The first-order chi connectivity index (χ1) is 12.8. The van der Waals surface area contributed by atoms with Crippen molar-refractivity contribution >= 4 is 0 Å². The average Bonchev–Trinajstić information content (AvgIpc) is 2.66. The summed E-state index contributed by atoms with van der Waals surface area (Å²) in [5.41, 5.74) is 0. The third kappa shape index (κ3) is 20.3. The lowest BCUT2D eigenvalue weighted by atomic mass is 9.92. The molecule has 0 heterocycles. The summed E-state index contributed by atoms with van der Waals surface area (Å²) in [4.78, 5) is 0. The molecule has 0 saturated carbocycles. The number of unbranched alkanes of at least 4 members (excludes halogenated alkanes) is 17. The predicted octanol–water partition coefficient (Wildman–Crippen LogP) is 9.87. The van der Waals surface area contributed by atoms with Gasteiger partial charge in [-0.05, 0) is 5.92 Å². The van der Waals surface area contributed by atoms with Crippen molar-refractivity contribution in [1.82, 2.24) is 0 Å². The number of hydrogen-bond acceptors (Lipinski definition) is 0. The Bertz CT molecular complexity index is 232. The highest BCUT2D eigenvalue weighted by Crippen LogP contribution is 2.22. The van der Waals surface area contributed by atoms with Crippen molar-refractivity contribution in [3.8, 4) is 0 Å². The molecular formula is C26H52. The molecule has 0 amide bonds. The summed E-state index contributed by atoms with van der Waals surface area (Å²) < 4.78 is 0. The van der Waals surface area contributed by atoms with Crippen molar-refractivity contribution in [3.05, 3.63) is 13.8 Å². The average molecular weight is 365 g/mol. The van der Waals surface area contributed by atoms with Crippen LogP contribution in [0, 0.1) is 19.8 Å². The molecule has 1 unspecified atom stereocenters. The van der Waals surface area contributed by atoms with E-state index in [0.29, 0.717) is 0 Å². The fraction of sp³-hybridized carbons (Fsp3) is 0.923. The smallest absolute Gasteiger partial charge is 0.0417 e. The Labute approximate surface area is 168 Å². The summed E-state index contributed by atoms with van der Waals surface area (Å²) in [5, 5.41) is 0. The Morgan fingerprint density at radius 2 is 0.692 bits per heavy atom. The van der Waals surface area contributed by atoms with E-state index in [1.54, 1.807) is 0 Å². The van der Waals surface area contributed by atoms with Crippen LogP contribution >= 0.6 is 0 Å². The van der Waals surface area contributed by atoms with Crippen LogP contribution < -0.4 is 0 Å². The van der Waals surface area contributed by atoms with E-state index in [0.717, 1.165) is 18.8 Å². The summed E-state index contributed by atoms with van der Waals surface area (Å²) in [6.07, 6.45) is 31.1. The molecule has 1 atom stereocenters. The molecule has 2 radical (unpaired) electrons. The molecule has 156 valence electrons. The molecule has 0 bridgehead atoms. The summed E-state index contributed by atoms with van der Waals surface area (Å²) in [6, 6.07) is 0. The summed E-state index contributed by atoms with van der Waals surface area (Å²) >= 11 is 0. The first kappa shape index (κ1) is 26.0. The summed E-state index contributed by atoms with van der Waals surface area (Å²) in [5.74, 6) is 1.01. The van der Waals surface area contributed by atoms with Crippen LogP contribution in [0.2, 0.25) is 0 Å². The van der Waals surface area contributed by atoms with Crippen molar-refractivity contribution in [2.45, 2.75) is 148 Å². The van der Waals surface area contributed by atoms with Gasteiger partial charge >= 0.3 is 0 Å². The van der Waals surface area contributed by atoms with Gasteiger partial charge in [0.1, 0.15) is 0 Å². The molecule has 0 aliphatic rings. The minimum Gasteiger partial charge on any atom is -0.0651 e. The molecule has 0 fully saturated rings. The normalized spacial score (nSPS) is 12.6. The van der Waals surface area contributed by atoms with Gasteiger partial charge in [-0.3, -0.25) is 0 Å². The van der Waals surface area contributed by atoms with E-state index in [1.807, 2.05) is 0 Å². The standard InChI is InChI=1S/C26H52/c1-4-7-9-11-13-14-15-16-17-18-19-21-23-25-26(6-3)24-22-20-12-10-8-5-2/h26H,1-2,4-25H2,3H3. The maximum atomic E-state index is 3.93. The van der Waals surface area contributed by atoms with Crippen LogP contribution in [-0.4, -0.2) is 0 Å². The van der Waals surface area contributed by atoms with Crippen molar-refractivity contribution < 1.29 is 0 Å². The molecule has 0 spiro atoms. The molecule has 0 rings (SSSR count). The molecule has 0 aromatic heterocycles. The highest BCUT2D eigenvalue weighted by Gasteiger charge is 2.05. The minimum atomic E-state index is 1.01. The van der Waals surface area contributed by atoms with E-state index < -0.39 is 0 Å². The van der Waals surface area contributed by atoms with Crippen LogP contribution in [0.5, 0.6) is 0 Å². The molecule has 0 nitrogen and oxygen atoms in total. The zero-order valence-corrected chi connectivity index (χ0v) is 18.5. The van der Waals surface area contributed by atoms with Gasteiger partial charge in [0.25, 0.3) is 0 Å². The lowest BCUT2D eigenvalue weighted by Gasteiger charge is -2.14. The maximum Gasteiger partial charge on any atom is -0.0417 e. The number of rotatable bonds is 22. The van der Waals surface area contributed by atoms with Crippen LogP contribution in [0.15, 0.2) is 0 Å². The Morgan fingerprint density at radius 3 is 0.962 bits per heavy atom. The minimum absolute atomic E-state index is 1.01. The van der Waals surface area contributed by atoms with Crippen molar-refractivity contribution in [1.29, 1.82) is 0 Å². The Balaban J connectivity index is 3.23. The van der Waals surface area contributed by atoms with E-state index >= 15 is 0 Å². The van der Waals surface area contributed by atoms with E-state index in [4.69, 9.17) is 0 Å². The topological polar surface area (TPSA) is 0 Å². The van der Waals surface area contributed by atoms with E-state index in [2.05, 4.69) is 20.8 Å². The zero-order chi connectivity index (χ0) is 19.1. The van der Waals surface area contributed by atoms with Crippen molar-refractivity contribution in [3.63, 3.8) is 0 Å². The molecule has 0 aliphatic carbocycles. The molecule has 0 aromatic rings. The Kier molecular flexibility index (Phi) is 23.0. The first-order valence-electron chi connectivity index (χ1n) is 12.4. The van der Waals surface area contributed by atoms with Gasteiger partial charge in [-0.1, -0.05) is 162 Å². The van der Waals surface area contributed by atoms with Crippen LogP contribution in [0.3, 0.4) is 0 Å². The summed E-state index contributed by atoms with van der Waals surface area (Å²) in [6.45, 7) is 10.2. The van der Waals surface area contributed by atoms with E-state index in [1.165, 1.54) is 128 Å². The lowest BCUT2D eigenvalue weighted by Crippen LogP contribution is -1.99. The third-order valence-corrected chi connectivity index (χ3v) is 6.05. The predicted molar refractivity (Wildman–Crippen MR) is 121 cm³/mol. The fourth-order valence-electron chi connectivity index (χ4n) is 4.07. The van der Waals surface area contributed by atoms with Crippen molar-refractivity contribution in [2.24, 2.45) is 5.92 Å². The highest BCUT2D eigenvalue weighted by atomic mass is 14.1. The summed E-state index contributed by atoms with van der Waals surface area (Å²) in [7, 11) is 0. The molecule has 0 aliphatic heterocycles. The van der Waals surface area contributed by atoms with Crippen LogP contribution in [0.25, 0.3) is 0 Å². The molecule has 0 aromatic carbocycles. The highest BCUT2D eigenvalue weighted by molar-refractivity contribution is 4.59. The van der Waals surface area contributed by atoms with Crippen LogP contribution in [0.4, 0.5) is 0 Å². The number of hydrogen-bond donors (Lipinski definition) is 0. The third-order valence-electron chi connectivity index (χ3n) is 6.05. The Morgan fingerprint density at radius 1 is 0.423 bits per heavy atom. The van der Waals surface area contributed by atoms with Gasteiger partial charge < -0.3 is 0 Å².